The number of ether oxygens (including phenoxy) is 1. The summed E-state index contributed by atoms with van der Waals surface area (Å²) in [6.07, 6.45) is 0.622. The van der Waals surface area contributed by atoms with E-state index in [2.05, 4.69) is 4.90 Å². The molecule has 0 unspecified atom stereocenters. The highest BCUT2D eigenvalue weighted by Crippen LogP contribution is 2.44. The summed E-state index contributed by atoms with van der Waals surface area (Å²) in [7, 11) is 0. The SMILES string of the molecule is O[C@@H]1CC2(CCN(C[C@H](O)c3ccc(F)c(F)c3)CC2)Oc2ccccc21. The molecule has 0 aromatic heterocycles. The first-order valence-electron chi connectivity index (χ1n) is 9.27. The molecule has 2 heterocycles. The molecule has 2 aliphatic rings. The van der Waals surface area contributed by atoms with Gasteiger partial charge in [0.1, 0.15) is 11.4 Å². The van der Waals surface area contributed by atoms with Crippen molar-refractivity contribution in [1.82, 2.24) is 4.90 Å². The smallest absolute Gasteiger partial charge is 0.159 e. The van der Waals surface area contributed by atoms with E-state index in [1.807, 2.05) is 24.3 Å². The monoisotopic (exact) mass is 375 g/mol. The van der Waals surface area contributed by atoms with Crippen molar-refractivity contribution >= 4 is 0 Å². The molecule has 0 saturated carbocycles. The average Bonchev–Trinajstić information content (AvgIpc) is 2.66. The van der Waals surface area contributed by atoms with Crippen LogP contribution in [0.3, 0.4) is 0 Å². The Balaban J connectivity index is 1.38. The summed E-state index contributed by atoms with van der Waals surface area (Å²) in [6, 6.07) is 11.1. The molecule has 0 amide bonds. The van der Waals surface area contributed by atoms with E-state index in [4.69, 9.17) is 4.74 Å². The number of hydrogen-bond acceptors (Lipinski definition) is 4. The first kappa shape index (κ1) is 18.3. The summed E-state index contributed by atoms with van der Waals surface area (Å²) in [5.74, 6) is -1.13. The Morgan fingerprint density at radius 1 is 1.11 bits per heavy atom. The molecule has 2 N–H and O–H groups in total. The van der Waals surface area contributed by atoms with Gasteiger partial charge in [0.25, 0.3) is 0 Å². The van der Waals surface area contributed by atoms with E-state index < -0.39 is 29.4 Å². The van der Waals surface area contributed by atoms with Crippen molar-refractivity contribution < 1.29 is 23.7 Å². The van der Waals surface area contributed by atoms with Gasteiger partial charge in [0.2, 0.25) is 0 Å². The van der Waals surface area contributed by atoms with E-state index >= 15 is 0 Å². The van der Waals surface area contributed by atoms with Crippen LogP contribution in [0.4, 0.5) is 8.78 Å². The van der Waals surface area contributed by atoms with E-state index in [0.29, 0.717) is 31.6 Å². The van der Waals surface area contributed by atoms with Gasteiger partial charge in [-0.1, -0.05) is 24.3 Å². The highest BCUT2D eigenvalue weighted by molar-refractivity contribution is 5.38. The van der Waals surface area contributed by atoms with Gasteiger partial charge < -0.3 is 19.8 Å². The number of aliphatic hydroxyl groups is 2. The minimum atomic E-state index is -0.951. The van der Waals surface area contributed by atoms with Crippen LogP contribution in [-0.4, -0.2) is 40.3 Å². The number of para-hydroxylation sites is 1. The van der Waals surface area contributed by atoms with Crippen LogP contribution in [0.1, 0.15) is 42.6 Å². The largest absolute Gasteiger partial charge is 0.487 e. The molecule has 4 nitrogen and oxygen atoms in total. The Kier molecular flexibility index (Phi) is 4.88. The Bertz CT molecular complexity index is 821. The zero-order valence-electron chi connectivity index (χ0n) is 14.9. The van der Waals surface area contributed by atoms with E-state index in [0.717, 1.165) is 36.3 Å². The lowest BCUT2D eigenvalue weighted by Gasteiger charge is -2.46. The lowest BCUT2D eigenvalue weighted by atomic mass is 9.81. The van der Waals surface area contributed by atoms with Crippen molar-refractivity contribution in [3.8, 4) is 5.75 Å². The van der Waals surface area contributed by atoms with Gasteiger partial charge in [-0.2, -0.15) is 0 Å². The number of benzene rings is 2. The third-order valence-electron chi connectivity index (χ3n) is 5.70. The number of fused-ring (bicyclic) bond motifs is 1. The quantitative estimate of drug-likeness (QED) is 0.864. The first-order valence-corrected chi connectivity index (χ1v) is 9.27. The maximum Gasteiger partial charge on any atom is 0.159 e. The second-order valence-corrected chi connectivity index (χ2v) is 7.53. The fourth-order valence-electron chi connectivity index (χ4n) is 4.10. The standard InChI is InChI=1S/C21H23F2NO3/c22-16-6-5-14(11-17(16)23)19(26)13-24-9-7-21(8-10-24)12-18(25)15-3-1-2-4-20(15)27-21/h1-6,11,18-19,25-26H,7-10,12-13H2/t18-,19+/m1/s1. The summed E-state index contributed by atoms with van der Waals surface area (Å²) >= 11 is 0. The second-order valence-electron chi connectivity index (χ2n) is 7.53. The number of likely N-dealkylation sites (tertiary alicyclic amines) is 1. The van der Waals surface area contributed by atoms with Crippen LogP contribution in [-0.2, 0) is 0 Å². The number of piperidine rings is 1. The zero-order valence-corrected chi connectivity index (χ0v) is 14.9. The zero-order chi connectivity index (χ0) is 19.0. The number of β-amino-alcohol motifs (C(OH)–C–C–N with tert-alkyl or cyclic N) is 1. The molecule has 2 aliphatic heterocycles. The topological polar surface area (TPSA) is 52.9 Å². The minimum absolute atomic E-state index is 0.348. The van der Waals surface area contributed by atoms with Crippen LogP contribution in [0.15, 0.2) is 42.5 Å². The maximum absolute atomic E-state index is 13.4. The van der Waals surface area contributed by atoms with Crippen LogP contribution in [0, 0.1) is 11.6 Å². The van der Waals surface area contributed by atoms with E-state index in [-0.39, 0.29) is 0 Å². The minimum Gasteiger partial charge on any atom is -0.487 e. The fraction of sp³-hybridized carbons (Fsp3) is 0.429. The van der Waals surface area contributed by atoms with Crippen molar-refractivity contribution in [3.63, 3.8) is 0 Å². The Morgan fingerprint density at radius 2 is 1.85 bits per heavy atom. The average molecular weight is 375 g/mol. The summed E-state index contributed by atoms with van der Waals surface area (Å²) in [5, 5.41) is 20.8. The van der Waals surface area contributed by atoms with Gasteiger partial charge in [-0.3, -0.25) is 0 Å². The molecule has 0 radical (unpaired) electrons. The van der Waals surface area contributed by atoms with Crippen LogP contribution in [0.5, 0.6) is 5.75 Å². The van der Waals surface area contributed by atoms with Crippen molar-refractivity contribution in [2.75, 3.05) is 19.6 Å². The fourth-order valence-corrected chi connectivity index (χ4v) is 4.10. The van der Waals surface area contributed by atoms with E-state index in [1.54, 1.807) is 0 Å². The number of nitrogens with zero attached hydrogens (tertiary/aromatic N) is 1. The van der Waals surface area contributed by atoms with Crippen LogP contribution >= 0.6 is 0 Å². The molecule has 1 spiro atoms. The van der Waals surface area contributed by atoms with Crippen molar-refractivity contribution in [2.24, 2.45) is 0 Å². The predicted octanol–water partition coefficient (Wildman–Crippen LogP) is 3.35. The van der Waals surface area contributed by atoms with Crippen LogP contribution in [0.25, 0.3) is 0 Å². The maximum atomic E-state index is 13.4. The highest BCUT2D eigenvalue weighted by Gasteiger charge is 2.42. The van der Waals surface area contributed by atoms with Gasteiger partial charge in [0.05, 0.1) is 12.2 Å². The molecule has 1 fully saturated rings. The molecule has 27 heavy (non-hydrogen) atoms. The molecule has 4 rings (SSSR count). The molecular formula is C21H23F2NO3. The van der Waals surface area contributed by atoms with E-state index in [1.165, 1.54) is 6.07 Å². The van der Waals surface area contributed by atoms with Gasteiger partial charge in [0.15, 0.2) is 11.6 Å². The molecule has 2 atom stereocenters. The lowest BCUT2D eigenvalue weighted by molar-refractivity contribution is -0.0587. The number of aliphatic hydroxyl groups excluding tert-OH is 2. The molecule has 0 aliphatic carbocycles. The van der Waals surface area contributed by atoms with Crippen molar-refractivity contribution in [3.05, 3.63) is 65.2 Å². The van der Waals surface area contributed by atoms with Gasteiger partial charge in [-0.05, 0) is 36.6 Å². The number of hydrogen-bond donors (Lipinski definition) is 2. The Morgan fingerprint density at radius 3 is 2.59 bits per heavy atom. The molecule has 2 aromatic rings. The highest BCUT2D eigenvalue weighted by atomic mass is 19.2. The van der Waals surface area contributed by atoms with Crippen molar-refractivity contribution in [1.29, 1.82) is 0 Å². The summed E-state index contributed by atoms with van der Waals surface area (Å²) < 4.78 is 32.7. The Labute approximate surface area is 157 Å². The van der Waals surface area contributed by atoms with Gasteiger partial charge in [0, 0.05) is 31.6 Å². The van der Waals surface area contributed by atoms with Crippen molar-refractivity contribution in [2.45, 2.75) is 37.1 Å². The molecule has 2 aromatic carbocycles. The normalized spacial score (nSPS) is 22.9. The predicted molar refractivity (Wildman–Crippen MR) is 96.4 cm³/mol. The Hall–Kier alpha value is -2.02. The summed E-state index contributed by atoms with van der Waals surface area (Å²) in [5.41, 5.74) is 0.809. The molecule has 1 saturated heterocycles. The van der Waals surface area contributed by atoms with Crippen LogP contribution in [0.2, 0.25) is 0 Å². The third kappa shape index (κ3) is 3.70. The third-order valence-corrected chi connectivity index (χ3v) is 5.70. The van der Waals surface area contributed by atoms with Gasteiger partial charge in [-0.15, -0.1) is 0 Å². The summed E-state index contributed by atoms with van der Waals surface area (Å²) in [4.78, 5) is 2.09. The molecular weight excluding hydrogens is 352 g/mol. The first-order chi connectivity index (χ1) is 13.0. The van der Waals surface area contributed by atoms with Gasteiger partial charge in [-0.25, -0.2) is 8.78 Å². The molecule has 144 valence electrons. The van der Waals surface area contributed by atoms with E-state index in [9.17, 15) is 19.0 Å². The molecule has 0 bridgehead atoms. The molecule has 6 heteroatoms. The number of halogens is 2. The number of rotatable bonds is 3. The van der Waals surface area contributed by atoms with Crippen LogP contribution < -0.4 is 4.74 Å². The summed E-state index contributed by atoms with van der Waals surface area (Å²) in [6.45, 7) is 1.76. The van der Waals surface area contributed by atoms with Gasteiger partial charge >= 0.3 is 0 Å². The lowest BCUT2D eigenvalue weighted by Crippen LogP contribution is -2.51. The second kappa shape index (κ2) is 7.19.